The molecule has 1 aromatic carbocycles. The summed E-state index contributed by atoms with van der Waals surface area (Å²) in [6.45, 7) is 0. The summed E-state index contributed by atoms with van der Waals surface area (Å²) in [5.41, 5.74) is 0.775. The molecule has 7 heteroatoms. The summed E-state index contributed by atoms with van der Waals surface area (Å²) in [6.07, 6.45) is 5.24. The van der Waals surface area contributed by atoms with Gasteiger partial charge in [0, 0.05) is 17.3 Å². The van der Waals surface area contributed by atoms with Crippen LogP contribution in [-0.4, -0.2) is 26.9 Å². The van der Waals surface area contributed by atoms with Gasteiger partial charge in [0.15, 0.2) is 5.69 Å². The molecule has 0 atom stereocenters. The number of amides is 1. The first-order valence-electron chi connectivity index (χ1n) is 6.79. The molecule has 1 N–H and O–H groups in total. The third-order valence-electron chi connectivity index (χ3n) is 3.11. The van der Waals surface area contributed by atoms with Crippen molar-refractivity contribution in [3.8, 4) is 5.69 Å². The van der Waals surface area contributed by atoms with Gasteiger partial charge in [-0.2, -0.15) is 5.10 Å². The molecule has 0 aliphatic rings. The van der Waals surface area contributed by atoms with Crippen LogP contribution < -0.4 is 5.32 Å². The Labute approximate surface area is 136 Å². The number of benzene rings is 1. The number of aromatic nitrogens is 3. The zero-order valence-electron chi connectivity index (χ0n) is 12.2. The highest BCUT2D eigenvalue weighted by atomic mass is 32.2. The molecule has 1 amide bonds. The summed E-state index contributed by atoms with van der Waals surface area (Å²) in [5, 5.41) is 6.83. The average Bonchev–Trinajstić information content (AvgIpc) is 3.06. The topological polar surface area (TPSA) is 59.8 Å². The molecule has 0 aliphatic carbocycles. The molecule has 0 unspecified atom stereocenters. The van der Waals surface area contributed by atoms with Crippen molar-refractivity contribution < 1.29 is 9.18 Å². The molecule has 0 saturated heterocycles. The first kappa shape index (κ1) is 15.2. The largest absolute Gasteiger partial charge is 0.305 e. The number of carbonyl (C=O) groups excluding carboxylic acids is 1. The fourth-order valence-corrected chi connectivity index (χ4v) is 2.33. The zero-order chi connectivity index (χ0) is 16.2. The standard InChI is InChI=1S/C16H13FN4OS/c1-23-13-5-6-15(18-10-13)19-16(22)14-7-8-21(20-14)12-4-2-3-11(17)9-12/h2-10H,1H3,(H,18,19,22). The molecule has 0 radical (unpaired) electrons. The van der Waals surface area contributed by atoms with Gasteiger partial charge in [0.05, 0.1) is 5.69 Å². The number of halogens is 1. The smallest absolute Gasteiger partial charge is 0.277 e. The fourth-order valence-electron chi connectivity index (χ4n) is 1.96. The Kier molecular flexibility index (Phi) is 4.38. The number of nitrogens with one attached hydrogen (secondary N) is 1. The Balaban J connectivity index is 1.75. The number of thioether (sulfide) groups is 1. The number of carbonyl (C=O) groups is 1. The highest BCUT2D eigenvalue weighted by molar-refractivity contribution is 7.98. The van der Waals surface area contributed by atoms with E-state index in [1.54, 1.807) is 48.4 Å². The van der Waals surface area contributed by atoms with Gasteiger partial charge >= 0.3 is 0 Å². The third-order valence-corrected chi connectivity index (χ3v) is 3.82. The van der Waals surface area contributed by atoms with Crippen LogP contribution in [-0.2, 0) is 0 Å². The van der Waals surface area contributed by atoms with Gasteiger partial charge in [-0.1, -0.05) is 6.07 Å². The van der Waals surface area contributed by atoms with E-state index in [0.29, 0.717) is 11.5 Å². The first-order chi connectivity index (χ1) is 11.2. The monoisotopic (exact) mass is 328 g/mol. The molecular weight excluding hydrogens is 315 g/mol. The van der Waals surface area contributed by atoms with Crippen LogP contribution in [0.2, 0.25) is 0 Å². The van der Waals surface area contributed by atoms with Gasteiger partial charge in [-0.15, -0.1) is 11.8 Å². The highest BCUT2D eigenvalue weighted by Crippen LogP contribution is 2.15. The van der Waals surface area contributed by atoms with Crippen LogP contribution in [0.5, 0.6) is 0 Å². The maximum Gasteiger partial charge on any atom is 0.277 e. The van der Waals surface area contributed by atoms with Gasteiger partial charge in [0.25, 0.3) is 5.91 Å². The summed E-state index contributed by atoms with van der Waals surface area (Å²) in [7, 11) is 0. The Morgan fingerprint density at radius 1 is 1.26 bits per heavy atom. The third kappa shape index (κ3) is 3.57. The molecule has 0 spiro atoms. The van der Waals surface area contributed by atoms with Crippen molar-refractivity contribution >= 4 is 23.5 Å². The Morgan fingerprint density at radius 2 is 2.13 bits per heavy atom. The molecule has 2 heterocycles. The molecule has 3 rings (SSSR count). The molecular formula is C16H13FN4OS. The minimum absolute atomic E-state index is 0.227. The van der Waals surface area contributed by atoms with Crippen molar-refractivity contribution in [2.75, 3.05) is 11.6 Å². The molecule has 0 aliphatic heterocycles. The van der Waals surface area contributed by atoms with E-state index >= 15 is 0 Å². The molecule has 5 nitrogen and oxygen atoms in total. The van der Waals surface area contributed by atoms with Crippen molar-refractivity contribution in [3.63, 3.8) is 0 Å². The van der Waals surface area contributed by atoms with Crippen LogP contribution in [0.25, 0.3) is 5.69 Å². The zero-order valence-corrected chi connectivity index (χ0v) is 13.0. The van der Waals surface area contributed by atoms with Crippen molar-refractivity contribution in [3.05, 3.63) is 66.4 Å². The number of hydrogen-bond acceptors (Lipinski definition) is 4. The Bertz CT molecular complexity index is 832. The number of nitrogens with zero attached hydrogens (tertiary/aromatic N) is 3. The van der Waals surface area contributed by atoms with Gasteiger partial charge in [-0.05, 0) is 42.7 Å². The maximum absolute atomic E-state index is 13.2. The SMILES string of the molecule is CSc1ccc(NC(=O)c2ccn(-c3cccc(F)c3)n2)nc1. The van der Waals surface area contributed by atoms with Crippen LogP contribution in [0.15, 0.2) is 59.8 Å². The fraction of sp³-hybridized carbons (Fsp3) is 0.0625. The normalized spacial score (nSPS) is 10.5. The molecule has 0 fully saturated rings. The van der Waals surface area contributed by atoms with Crippen molar-refractivity contribution in [2.24, 2.45) is 0 Å². The lowest BCUT2D eigenvalue weighted by molar-refractivity contribution is 0.102. The van der Waals surface area contributed by atoms with E-state index in [-0.39, 0.29) is 17.4 Å². The van der Waals surface area contributed by atoms with E-state index in [2.05, 4.69) is 15.4 Å². The Hall–Kier alpha value is -2.67. The average molecular weight is 328 g/mol. The number of anilines is 1. The van der Waals surface area contributed by atoms with E-state index in [4.69, 9.17) is 0 Å². The second-order valence-corrected chi connectivity index (χ2v) is 5.54. The molecule has 3 aromatic rings. The maximum atomic E-state index is 13.2. The second kappa shape index (κ2) is 6.62. The summed E-state index contributed by atoms with van der Waals surface area (Å²) in [5.74, 6) is -0.278. The van der Waals surface area contributed by atoms with Gasteiger partial charge in [0.2, 0.25) is 0 Å². The van der Waals surface area contributed by atoms with E-state index in [0.717, 1.165) is 4.90 Å². The lowest BCUT2D eigenvalue weighted by Gasteiger charge is -2.03. The quantitative estimate of drug-likeness (QED) is 0.746. The van der Waals surface area contributed by atoms with Gasteiger partial charge in [-0.3, -0.25) is 4.79 Å². The summed E-state index contributed by atoms with van der Waals surface area (Å²) in [4.78, 5) is 17.3. The molecule has 23 heavy (non-hydrogen) atoms. The van der Waals surface area contributed by atoms with Crippen molar-refractivity contribution in [2.45, 2.75) is 4.90 Å². The minimum Gasteiger partial charge on any atom is -0.305 e. The lowest BCUT2D eigenvalue weighted by atomic mass is 10.3. The van der Waals surface area contributed by atoms with Crippen LogP contribution in [0.4, 0.5) is 10.2 Å². The number of pyridine rings is 1. The summed E-state index contributed by atoms with van der Waals surface area (Å²) >= 11 is 1.57. The minimum atomic E-state index is -0.371. The van der Waals surface area contributed by atoms with Crippen LogP contribution >= 0.6 is 11.8 Å². The van der Waals surface area contributed by atoms with Gasteiger partial charge in [0.1, 0.15) is 11.6 Å². The Morgan fingerprint density at radius 3 is 2.83 bits per heavy atom. The molecule has 0 saturated carbocycles. The lowest BCUT2D eigenvalue weighted by Crippen LogP contribution is -2.14. The molecule has 116 valence electrons. The van der Waals surface area contributed by atoms with E-state index in [1.165, 1.54) is 16.8 Å². The molecule has 2 aromatic heterocycles. The van der Waals surface area contributed by atoms with E-state index in [1.807, 2.05) is 12.3 Å². The van der Waals surface area contributed by atoms with E-state index in [9.17, 15) is 9.18 Å². The van der Waals surface area contributed by atoms with E-state index < -0.39 is 0 Å². The van der Waals surface area contributed by atoms with Crippen LogP contribution in [0, 0.1) is 5.82 Å². The predicted molar refractivity (Wildman–Crippen MR) is 87.5 cm³/mol. The number of hydrogen-bond donors (Lipinski definition) is 1. The van der Waals surface area contributed by atoms with Crippen molar-refractivity contribution in [1.29, 1.82) is 0 Å². The highest BCUT2D eigenvalue weighted by Gasteiger charge is 2.11. The van der Waals surface area contributed by atoms with Crippen molar-refractivity contribution in [1.82, 2.24) is 14.8 Å². The first-order valence-corrected chi connectivity index (χ1v) is 8.01. The van der Waals surface area contributed by atoms with Gasteiger partial charge < -0.3 is 5.32 Å². The summed E-state index contributed by atoms with van der Waals surface area (Å²) in [6, 6.07) is 11.2. The van der Waals surface area contributed by atoms with Crippen LogP contribution in [0.3, 0.4) is 0 Å². The summed E-state index contributed by atoms with van der Waals surface area (Å²) < 4.78 is 14.7. The molecule has 0 bridgehead atoms. The van der Waals surface area contributed by atoms with Gasteiger partial charge in [-0.25, -0.2) is 14.1 Å². The second-order valence-electron chi connectivity index (χ2n) is 4.66. The number of rotatable bonds is 4. The van der Waals surface area contributed by atoms with Crippen LogP contribution in [0.1, 0.15) is 10.5 Å². The predicted octanol–water partition coefficient (Wildman–Crippen LogP) is 3.38.